The molecule has 1 aliphatic rings. The Bertz CT molecular complexity index is 671. The quantitative estimate of drug-likeness (QED) is 0.616. The highest BCUT2D eigenvalue weighted by atomic mass is 35.5. The number of rotatable bonds is 3. The van der Waals surface area contributed by atoms with Crippen molar-refractivity contribution in [1.82, 2.24) is 15.2 Å². The van der Waals surface area contributed by atoms with E-state index in [1.165, 1.54) is 6.92 Å². The lowest BCUT2D eigenvalue weighted by atomic mass is 10.1. The van der Waals surface area contributed by atoms with Crippen molar-refractivity contribution in [2.24, 2.45) is 0 Å². The number of hydrogen-bond donors (Lipinski definition) is 2. The number of ether oxygens (including phenoxy) is 1. The number of nitrogens with one attached hydrogen (secondary N) is 1. The van der Waals surface area contributed by atoms with E-state index in [1.54, 1.807) is 0 Å². The van der Waals surface area contributed by atoms with Gasteiger partial charge in [-0.25, -0.2) is 14.6 Å². The van der Waals surface area contributed by atoms with E-state index in [-0.39, 0.29) is 13.1 Å². The van der Waals surface area contributed by atoms with Crippen molar-refractivity contribution in [3.05, 3.63) is 28.5 Å². The number of esters is 1. The van der Waals surface area contributed by atoms with Gasteiger partial charge in [-0.2, -0.15) is 13.2 Å². The summed E-state index contributed by atoms with van der Waals surface area (Å²) in [6.45, 7) is 2.24. The molecule has 138 valence electrons. The van der Waals surface area contributed by atoms with E-state index in [9.17, 15) is 22.8 Å². The molecule has 1 saturated heterocycles. The number of carbonyl (C=O) groups excluding carboxylic acids is 1. The maximum absolute atomic E-state index is 12.7. The van der Waals surface area contributed by atoms with Crippen LogP contribution >= 0.6 is 11.6 Å². The van der Waals surface area contributed by atoms with Gasteiger partial charge in [-0.3, -0.25) is 0 Å². The van der Waals surface area contributed by atoms with E-state index in [0.29, 0.717) is 18.8 Å². The molecular formula is C14H15ClF3N3O4. The van der Waals surface area contributed by atoms with E-state index in [2.05, 4.69) is 10.3 Å². The first-order chi connectivity index (χ1) is 11.6. The number of aromatic nitrogens is 1. The number of nitrogens with zero attached hydrogens (tertiary/aromatic N) is 2. The van der Waals surface area contributed by atoms with Gasteiger partial charge in [0.25, 0.3) is 0 Å². The van der Waals surface area contributed by atoms with E-state index < -0.39 is 46.7 Å². The summed E-state index contributed by atoms with van der Waals surface area (Å²) in [5.74, 6) is -1.06. The van der Waals surface area contributed by atoms with Crippen LogP contribution in [-0.2, 0) is 10.9 Å². The Balaban J connectivity index is 2.10. The smallest absolute Gasteiger partial charge is 0.417 e. The minimum Gasteiger partial charge on any atom is -0.465 e. The van der Waals surface area contributed by atoms with E-state index in [4.69, 9.17) is 21.4 Å². The Labute approximate surface area is 145 Å². The van der Waals surface area contributed by atoms with Gasteiger partial charge < -0.3 is 20.1 Å². The number of pyridine rings is 1. The molecular weight excluding hydrogens is 367 g/mol. The van der Waals surface area contributed by atoms with Crippen LogP contribution in [0.5, 0.6) is 0 Å². The summed E-state index contributed by atoms with van der Waals surface area (Å²) < 4.78 is 43.3. The van der Waals surface area contributed by atoms with Gasteiger partial charge in [-0.05, 0) is 13.0 Å². The van der Waals surface area contributed by atoms with Crippen LogP contribution in [0.15, 0.2) is 12.3 Å². The molecule has 7 nitrogen and oxygen atoms in total. The molecule has 1 fully saturated rings. The zero-order valence-corrected chi connectivity index (χ0v) is 13.8. The summed E-state index contributed by atoms with van der Waals surface area (Å²) in [4.78, 5) is 27.7. The van der Waals surface area contributed by atoms with Gasteiger partial charge in [0.05, 0.1) is 17.2 Å². The molecule has 0 bridgehead atoms. The van der Waals surface area contributed by atoms with Crippen LogP contribution in [-0.4, -0.2) is 58.8 Å². The highest BCUT2D eigenvalue weighted by molar-refractivity contribution is 6.32. The van der Waals surface area contributed by atoms with Crippen LogP contribution in [0.4, 0.5) is 18.0 Å². The standard InChI is InChI=1S/C14H15ClF3N3O4/c1-7(10-6-21(13(23)24)3-2-19-10)25-12(22)9-4-8(14(16,17)18)5-20-11(9)15/h4-5,7,10,19H,2-3,6H2,1H3,(H,23,24)/t7?,10-/m1/s1. The summed E-state index contributed by atoms with van der Waals surface area (Å²) in [6.07, 6.45) is -6.04. The molecule has 1 aromatic heterocycles. The van der Waals surface area contributed by atoms with Gasteiger partial charge in [-0.15, -0.1) is 0 Å². The van der Waals surface area contributed by atoms with Crippen LogP contribution in [0.3, 0.4) is 0 Å². The molecule has 0 aliphatic carbocycles. The normalized spacial score (nSPS) is 19.4. The Morgan fingerprint density at radius 3 is 2.80 bits per heavy atom. The van der Waals surface area contributed by atoms with Crippen LogP contribution in [0, 0.1) is 0 Å². The molecule has 0 spiro atoms. The molecule has 2 N–H and O–H groups in total. The summed E-state index contributed by atoms with van der Waals surface area (Å²) in [7, 11) is 0. The second kappa shape index (κ2) is 7.44. The van der Waals surface area contributed by atoms with Gasteiger partial charge in [0, 0.05) is 25.8 Å². The largest absolute Gasteiger partial charge is 0.465 e. The van der Waals surface area contributed by atoms with Crippen LogP contribution in [0.25, 0.3) is 0 Å². The number of amides is 1. The summed E-state index contributed by atoms with van der Waals surface area (Å²) >= 11 is 5.69. The molecule has 1 aliphatic heterocycles. The molecule has 2 atom stereocenters. The zero-order chi connectivity index (χ0) is 18.8. The molecule has 2 rings (SSSR count). The van der Waals surface area contributed by atoms with Gasteiger partial charge in [-0.1, -0.05) is 11.6 Å². The fraction of sp³-hybridized carbons (Fsp3) is 0.500. The fourth-order valence-corrected chi connectivity index (χ4v) is 2.51. The minimum absolute atomic E-state index is 0.0817. The van der Waals surface area contributed by atoms with Crippen molar-refractivity contribution in [1.29, 1.82) is 0 Å². The Morgan fingerprint density at radius 1 is 1.52 bits per heavy atom. The number of piperazine rings is 1. The Morgan fingerprint density at radius 2 is 2.20 bits per heavy atom. The zero-order valence-electron chi connectivity index (χ0n) is 13.0. The highest BCUT2D eigenvalue weighted by Gasteiger charge is 2.34. The lowest BCUT2D eigenvalue weighted by Crippen LogP contribution is -2.56. The maximum Gasteiger partial charge on any atom is 0.417 e. The van der Waals surface area contributed by atoms with Crippen molar-refractivity contribution in [3.63, 3.8) is 0 Å². The number of alkyl halides is 3. The molecule has 25 heavy (non-hydrogen) atoms. The monoisotopic (exact) mass is 381 g/mol. The average molecular weight is 382 g/mol. The van der Waals surface area contributed by atoms with Gasteiger partial charge >= 0.3 is 18.2 Å². The predicted octanol–water partition coefficient (Wildman–Crippen LogP) is 2.25. The first-order valence-electron chi connectivity index (χ1n) is 7.24. The number of carboxylic acid groups (broad SMARTS) is 1. The third kappa shape index (κ3) is 4.73. The molecule has 1 aromatic rings. The van der Waals surface area contributed by atoms with E-state index >= 15 is 0 Å². The van der Waals surface area contributed by atoms with Crippen LogP contribution < -0.4 is 5.32 Å². The van der Waals surface area contributed by atoms with Gasteiger partial charge in [0.1, 0.15) is 11.3 Å². The van der Waals surface area contributed by atoms with Gasteiger partial charge in [0.15, 0.2) is 0 Å². The van der Waals surface area contributed by atoms with Gasteiger partial charge in [0.2, 0.25) is 0 Å². The SMILES string of the molecule is CC(OC(=O)c1cc(C(F)(F)F)cnc1Cl)[C@H]1CN(C(=O)O)CCN1. The average Bonchev–Trinajstić information content (AvgIpc) is 2.54. The molecule has 2 heterocycles. The molecule has 0 saturated carbocycles. The van der Waals surface area contributed by atoms with Crippen LogP contribution in [0.1, 0.15) is 22.8 Å². The lowest BCUT2D eigenvalue weighted by molar-refractivity contribution is -0.137. The predicted molar refractivity (Wildman–Crippen MR) is 80.5 cm³/mol. The number of hydrogen-bond acceptors (Lipinski definition) is 5. The van der Waals surface area contributed by atoms with E-state index in [1.807, 2.05) is 0 Å². The minimum atomic E-state index is -4.68. The Kier molecular flexibility index (Phi) is 5.73. The third-order valence-electron chi connectivity index (χ3n) is 3.72. The summed E-state index contributed by atoms with van der Waals surface area (Å²) in [6, 6.07) is 0.0775. The maximum atomic E-state index is 12.7. The summed E-state index contributed by atoms with van der Waals surface area (Å²) in [5, 5.41) is 11.6. The topological polar surface area (TPSA) is 91.8 Å². The van der Waals surface area contributed by atoms with Crippen molar-refractivity contribution >= 4 is 23.7 Å². The van der Waals surface area contributed by atoms with Crippen molar-refractivity contribution in [3.8, 4) is 0 Å². The fourth-order valence-electron chi connectivity index (χ4n) is 2.33. The summed E-state index contributed by atoms with van der Waals surface area (Å²) in [5.41, 5.74) is -1.63. The molecule has 1 amide bonds. The molecule has 1 unspecified atom stereocenters. The van der Waals surface area contributed by atoms with Crippen LogP contribution in [0.2, 0.25) is 5.15 Å². The third-order valence-corrected chi connectivity index (χ3v) is 4.02. The first-order valence-corrected chi connectivity index (χ1v) is 7.62. The second-order valence-electron chi connectivity index (χ2n) is 5.46. The van der Waals surface area contributed by atoms with Crippen molar-refractivity contribution in [2.75, 3.05) is 19.6 Å². The number of carbonyl (C=O) groups is 2. The molecule has 0 radical (unpaired) electrons. The highest BCUT2D eigenvalue weighted by Crippen LogP contribution is 2.31. The Hall–Kier alpha value is -2.07. The second-order valence-corrected chi connectivity index (χ2v) is 5.82. The molecule has 11 heteroatoms. The first kappa shape index (κ1) is 19.3. The van der Waals surface area contributed by atoms with Crippen molar-refractivity contribution in [2.45, 2.75) is 25.2 Å². The van der Waals surface area contributed by atoms with Crippen molar-refractivity contribution < 1.29 is 32.6 Å². The van der Waals surface area contributed by atoms with E-state index in [0.717, 1.165) is 4.90 Å². The lowest BCUT2D eigenvalue weighted by Gasteiger charge is -2.34. The number of halogens is 4. The molecule has 0 aromatic carbocycles.